The number of hydrogen-bond acceptors (Lipinski definition) is 6. The molecular formula is C24H32N4O3. The number of carbonyl (C=O) groups is 1. The summed E-state index contributed by atoms with van der Waals surface area (Å²) in [4.78, 5) is 17.3. The number of para-hydroxylation sites is 2. The van der Waals surface area contributed by atoms with Crippen LogP contribution in [0.25, 0.3) is 0 Å². The maximum atomic E-state index is 13.2. The lowest BCUT2D eigenvalue weighted by Gasteiger charge is -2.38. The van der Waals surface area contributed by atoms with Crippen LogP contribution in [0.2, 0.25) is 0 Å². The number of likely N-dealkylation sites (N-methyl/N-ethyl adjacent to an activating group) is 1. The zero-order valence-corrected chi connectivity index (χ0v) is 18.7. The first kappa shape index (κ1) is 21.5. The molecule has 7 nitrogen and oxygen atoms in total. The van der Waals surface area contributed by atoms with Gasteiger partial charge in [0.05, 0.1) is 17.9 Å². The first-order chi connectivity index (χ1) is 15.0. The Morgan fingerprint density at radius 1 is 1.06 bits per heavy atom. The maximum Gasteiger partial charge on any atom is 0.289 e. The van der Waals surface area contributed by atoms with Crippen LogP contribution in [-0.2, 0) is 9.53 Å². The van der Waals surface area contributed by atoms with Crippen LogP contribution in [0.15, 0.2) is 42.5 Å². The fourth-order valence-electron chi connectivity index (χ4n) is 4.39. The largest absolute Gasteiger partial charge is 0.459 e. The van der Waals surface area contributed by atoms with Crippen molar-refractivity contribution in [3.63, 3.8) is 0 Å². The number of rotatable bonds is 6. The summed E-state index contributed by atoms with van der Waals surface area (Å²) >= 11 is 0. The highest BCUT2D eigenvalue weighted by atomic mass is 16.5. The molecular weight excluding hydrogens is 392 g/mol. The van der Waals surface area contributed by atoms with E-state index in [-0.39, 0.29) is 18.1 Å². The molecule has 0 saturated carbocycles. The van der Waals surface area contributed by atoms with Gasteiger partial charge in [-0.1, -0.05) is 12.1 Å². The molecule has 7 heteroatoms. The highest BCUT2D eigenvalue weighted by Gasteiger charge is 2.34. The molecule has 31 heavy (non-hydrogen) atoms. The molecule has 2 aromatic carbocycles. The lowest BCUT2D eigenvalue weighted by Crippen LogP contribution is -2.51. The summed E-state index contributed by atoms with van der Waals surface area (Å²) < 4.78 is 11.9. The topological polar surface area (TPSA) is 66.1 Å². The molecule has 0 radical (unpaired) electrons. The molecule has 1 saturated heterocycles. The number of nitrogens with zero attached hydrogens (tertiary/aromatic N) is 2. The summed E-state index contributed by atoms with van der Waals surface area (Å²) in [6.45, 7) is 9.35. The summed E-state index contributed by atoms with van der Waals surface area (Å²) in [6, 6.07) is 13.9. The molecule has 2 N–H and O–H groups in total. The number of benzene rings is 2. The Balaban J connectivity index is 1.52. The quantitative estimate of drug-likeness (QED) is 0.743. The normalized spacial score (nSPS) is 23.4. The van der Waals surface area contributed by atoms with Crippen molar-refractivity contribution in [1.29, 1.82) is 0 Å². The lowest BCUT2D eigenvalue weighted by atomic mass is 10.1. The van der Waals surface area contributed by atoms with Crippen LogP contribution in [0.3, 0.4) is 0 Å². The van der Waals surface area contributed by atoms with Crippen molar-refractivity contribution in [2.75, 3.05) is 48.3 Å². The summed E-state index contributed by atoms with van der Waals surface area (Å²) in [6.07, 6.45) is -0.351. The van der Waals surface area contributed by atoms with Gasteiger partial charge in [-0.25, -0.2) is 0 Å². The smallest absolute Gasteiger partial charge is 0.289 e. The molecule has 0 aromatic heterocycles. The predicted octanol–water partition coefficient (Wildman–Crippen LogP) is 2.99. The van der Waals surface area contributed by atoms with E-state index >= 15 is 0 Å². The van der Waals surface area contributed by atoms with Gasteiger partial charge in [0.1, 0.15) is 5.75 Å². The number of amides is 1. The highest BCUT2D eigenvalue weighted by molar-refractivity contribution is 6.01. The minimum atomic E-state index is -0.763. The van der Waals surface area contributed by atoms with Crippen LogP contribution in [-0.4, -0.2) is 57.6 Å². The van der Waals surface area contributed by atoms with E-state index in [4.69, 9.17) is 9.47 Å². The molecule has 2 aliphatic rings. The van der Waals surface area contributed by atoms with Crippen LogP contribution in [0.4, 0.5) is 17.1 Å². The molecule has 1 fully saturated rings. The Morgan fingerprint density at radius 3 is 2.52 bits per heavy atom. The lowest BCUT2D eigenvalue weighted by molar-refractivity contribution is -0.125. The third-order valence-electron chi connectivity index (χ3n) is 5.73. The van der Waals surface area contributed by atoms with E-state index < -0.39 is 6.23 Å². The van der Waals surface area contributed by atoms with Crippen molar-refractivity contribution in [2.45, 2.75) is 39.2 Å². The Labute approximate surface area is 184 Å². The third kappa shape index (κ3) is 4.62. The fourth-order valence-corrected chi connectivity index (χ4v) is 4.39. The second kappa shape index (κ2) is 9.16. The van der Waals surface area contributed by atoms with Gasteiger partial charge in [-0.3, -0.25) is 4.79 Å². The Kier molecular flexibility index (Phi) is 6.34. The van der Waals surface area contributed by atoms with Crippen LogP contribution < -0.4 is 25.2 Å². The van der Waals surface area contributed by atoms with E-state index in [9.17, 15) is 4.79 Å². The van der Waals surface area contributed by atoms with E-state index in [1.807, 2.05) is 37.4 Å². The number of carbonyl (C=O) groups excluding carboxylic acids is 1. The summed E-state index contributed by atoms with van der Waals surface area (Å²) in [5, 5.41) is 6.40. The van der Waals surface area contributed by atoms with Crippen molar-refractivity contribution in [3.05, 3.63) is 48.0 Å². The van der Waals surface area contributed by atoms with Gasteiger partial charge in [0.25, 0.3) is 5.91 Å². The van der Waals surface area contributed by atoms with Crippen molar-refractivity contribution in [3.8, 4) is 5.75 Å². The van der Waals surface area contributed by atoms with Crippen molar-refractivity contribution >= 4 is 23.0 Å². The van der Waals surface area contributed by atoms with E-state index in [0.29, 0.717) is 18.8 Å². The third-order valence-corrected chi connectivity index (χ3v) is 5.73. The number of ether oxygens (including phenoxy) is 2. The second-order valence-electron chi connectivity index (χ2n) is 8.37. The molecule has 2 heterocycles. The summed E-state index contributed by atoms with van der Waals surface area (Å²) in [5.74, 6) is 0.617. The predicted molar refractivity (Wildman–Crippen MR) is 124 cm³/mol. The monoisotopic (exact) mass is 424 g/mol. The van der Waals surface area contributed by atoms with Gasteiger partial charge in [0, 0.05) is 37.6 Å². The molecule has 3 unspecified atom stereocenters. The zero-order chi connectivity index (χ0) is 22.0. The van der Waals surface area contributed by atoms with Crippen LogP contribution in [0.5, 0.6) is 5.75 Å². The number of anilines is 3. The second-order valence-corrected chi connectivity index (χ2v) is 8.37. The van der Waals surface area contributed by atoms with Crippen molar-refractivity contribution in [2.24, 2.45) is 0 Å². The van der Waals surface area contributed by atoms with E-state index in [1.54, 1.807) is 4.90 Å². The fraction of sp³-hybridized carbons (Fsp3) is 0.458. The zero-order valence-electron chi connectivity index (χ0n) is 18.7. The SMILES string of the molecule is CNCCN1C(=O)C(Nc2ccc(N3CC(C)OC(C)C3)c(C)c2)Oc2ccccc21. The van der Waals surface area contributed by atoms with Gasteiger partial charge in [0.15, 0.2) is 0 Å². The van der Waals surface area contributed by atoms with Gasteiger partial charge in [-0.2, -0.15) is 0 Å². The van der Waals surface area contributed by atoms with Crippen molar-refractivity contribution in [1.82, 2.24) is 5.32 Å². The molecule has 0 aliphatic carbocycles. The van der Waals surface area contributed by atoms with Gasteiger partial charge in [0.2, 0.25) is 6.23 Å². The van der Waals surface area contributed by atoms with Crippen LogP contribution in [0, 0.1) is 6.92 Å². The number of morpholine rings is 1. The average Bonchev–Trinajstić information content (AvgIpc) is 2.73. The number of hydrogen-bond donors (Lipinski definition) is 2. The molecule has 2 aliphatic heterocycles. The highest BCUT2D eigenvalue weighted by Crippen LogP contribution is 2.34. The van der Waals surface area contributed by atoms with Crippen LogP contribution in [0.1, 0.15) is 19.4 Å². The van der Waals surface area contributed by atoms with E-state index in [2.05, 4.69) is 48.4 Å². The molecule has 166 valence electrons. The standard InChI is InChI=1S/C24H32N4O3/c1-16-13-19(9-10-20(16)27-14-17(2)30-18(3)15-27)26-23-24(29)28(12-11-25-4)21-7-5-6-8-22(21)31-23/h5-10,13,17-18,23,25-26H,11-12,14-15H2,1-4H3. The van der Waals surface area contributed by atoms with Crippen molar-refractivity contribution < 1.29 is 14.3 Å². The minimum absolute atomic E-state index is 0.0912. The van der Waals surface area contributed by atoms with Gasteiger partial charge in [-0.15, -0.1) is 0 Å². The van der Waals surface area contributed by atoms with Crippen LogP contribution >= 0.6 is 0 Å². The molecule has 0 bridgehead atoms. The number of fused-ring (bicyclic) bond motifs is 1. The molecule has 4 rings (SSSR count). The molecule has 3 atom stereocenters. The summed E-state index contributed by atoms with van der Waals surface area (Å²) in [5.41, 5.74) is 4.02. The minimum Gasteiger partial charge on any atom is -0.459 e. The first-order valence-corrected chi connectivity index (χ1v) is 11.0. The van der Waals surface area contributed by atoms with E-state index in [0.717, 1.165) is 30.0 Å². The number of aryl methyl sites for hydroxylation is 1. The van der Waals surface area contributed by atoms with E-state index in [1.165, 1.54) is 5.69 Å². The summed E-state index contributed by atoms with van der Waals surface area (Å²) in [7, 11) is 1.88. The first-order valence-electron chi connectivity index (χ1n) is 11.0. The molecule has 0 spiro atoms. The van der Waals surface area contributed by atoms with Gasteiger partial charge >= 0.3 is 0 Å². The Bertz CT molecular complexity index is 925. The van der Waals surface area contributed by atoms with Gasteiger partial charge < -0.3 is 29.9 Å². The molecule has 1 amide bonds. The Hall–Kier alpha value is -2.77. The average molecular weight is 425 g/mol. The number of nitrogens with one attached hydrogen (secondary N) is 2. The van der Waals surface area contributed by atoms with Gasteiger partial charge in [-0.05, 0) is 63.7 Å². The maximum absolute atomic E-state index is 13.2. The molecule has 2 aromatic rings. The Morgan fingerprint density at radius 2 is 1.81 bits per heavy atom.